The summed E-state index contributed by atoms with van der Waals surface area (Å²) in [6, 6.07) is 7.88. The highest BCUT2D eigenvalue weighted by atomic mass is 19.1. The first-order chi connectivity index (χ1) is 14.4. The van der Waals surface area contributed by atoms with Crippen molar-refractivity contribution < 1.29 is 23.1 Å². The fourth-order valence-electron chi connectivity index (χ4n) is 3.44. The van der Waals surface area contributed by atoms with E-state index in [1.54, 1.807) is 24.3 Å². The van der Waals surface area contributed by atoms with Gasteiger partial charge in [-0.05, 0) is 47.0 Å². The molecule has 0 saturated carbocycles. The molecule has 1 atom stereocenters. The quantitative estimate of drug-likeness (QED) is 0.466. The number of aryl methyl sites for hydroxylation is 1. The lowest BCUT2D eigenvalue weighted by molar-refractivity contribution is -0.142. The second-order valence-electron chi connectivity index (χ2n) is 6.51. The van der Waals surface area contributed by atoms with Crippen molar-refractivity contribution in [3.8, 4) is 5.69 Å². The maximum Gasteiger partial charge on any atom is 0.377 e. The van der Waals surface area contributed by atoms with E-state index >= 15 is 0 Å². The Labute approximate surface area is 168 Å². The first-order valence-electron chi connectivity index (χ1n) is 8.92. The molecule has 9 nitrogen and oxygen atoms in total. The van der Waals surface area contributed by atoms with E-state index in [1.165, 1.54) is 7.11 Å². The van der Waals surface area contributed by atoms with Crippen LogP contribution in [-0.4, -0.2) is 44.9 Å². The van der Waals surface area contributed by atoms with E-state index in [1.807, 2.05) is 0 Å². The predicted octanol–water partition coefficient (Wildman–Crippen LogP) is 1.67. The minimum absolute atomic E-state index is 0.264. The van der Waals surface area contributed by atoms with Gasteiger partial charge in [-0.15, -0.1) is 4.68 Å². The molecule has 1 aliphatic rings. The van der Waals surface area contributed by atoms with Gasteiger partial charge in [0.1, 0.15) is 11.7 Å². The van der Waals surface area contributed by atoms with Crippen LogP contribution in [0.4, 0.5) is 19.3 Å². The minimum atomic E-state index is -1.18. The van der Waals surface area contributed by atoms with Gasteiger partial charge in [0.05, 0.1) is 7.11 Å². The molecule has 154 valence electrons. The number of hydrogen-bond donors (Lipinski definition) is 0. The summed E-state index contributed by atoms with van der Waals surface area (Å²) in [6.45, 7) is 0. The van der Waals surface area contributed by atoms with Crippen LogP contribution in [0.15, 0.2) is 47.3 Å². The van der Waals surface area contributed by atoms with Crippen LogP contribution in [0.3, 0.4) is 0 Å². The summed E-state index contributed by atoms with van der Waals surface area (Å²) in [7, 11) is 1.19. The molecule has 2 aromatic carbocycles. The molecule has 2 heterocycles. The molecule has 3 aromatic rings. The second-order valence-corrected chi connectivity index (χ2v) is 6.51. The Hall–Kier alpha value is -3.89. The third kappa shape index (κ3) is 3.04. The lowest BCUT2D eigenvalue weighted by atomic mass is 9.96. The van der Waals surface area contributed by atoms with Gasteiger partial charge in [0.2, 0.25) is 0 Å². The third-order valence-corrected chi connectivity index (χ3v) is 4.84. The number of rotatable bonds is 2. The Morgan fingerprint density at radius 1 is 1.07 bits per heavy atom. The number of esters is 1. The molecule has 0 fully saturated rings. The highest BCUT2D eigenvalue weighted by molar-refractivity contribution is 6.00. The van der Waals surface area contributed by atoms with Gasteiger partial charge in [-0.2, -0.15) is 4.68 Å². The van der Waals surface area contributed by atoms with Crippen molar-refractivity contribution in [2.45, 2.75) is 18.9 Å². The zero-order chi connectivity index (χ0) is 21.4. The van der Waals surface area contributed by atoms with Crippen LogP contribution in [-0.2, 0) is 16.0 Å². The summed E-state index contributed by atoms with van der Waals surface area (Å²) in [5.74, 6) is -2.77. The molecule has 11 heteroatoms. The fourth-order valence-corrected chi connectivity index (χ4v) is 3.44. The SMILES string of the molecule is COC(=O)[C@@H]1CCc2ccccc2N1C(=O)n1nnn(-c2c(F)cccc2F)c1=O. The maximum absolute atomic E-state index is 14.1. The number of fused-ring (bicyclic) bond motifs is 1. The smallest absolute Gasteiger partial charge is 0.377 e. The molecule has 4 rings (SSSR count). The predicted molar refractivity (Wildman–Crippen MR) is 99.4 cm³/mol. The molecule has 1 aromatic heterocycles. The first-order valence-corrected chi connectivity index (χ1v) is 8.92. The van der Waals surface area contributed by atoms with Crippen molar-refractivity contribution in [1.82, 2.24) is 19.8 Å². The van der Waals surface area contributed by atoms with Crippen molar-refractivity contribution >= 4 is 17.7 Å². The summed E-state index contributed by atoms with van der Waals surface area (Å²) >= 11 is 0. The lowest BCUT2D eigenvalue weighted by Gasteiger charge is -2.34. The van der Waals surface area contributed by atoms with E-state index in [0.29, 0.717) is 21.5 Å². The topological polar surface area (TPSA) is 99.3 Å². The van der Waals surface area contributed by atoms with Crippen molar-refractivity contribution in [1.29, 1.82) is 0 Å². The van der Waals surface area contributed by atoms with E-state index in [9.17, 15) is 23.2 Å². The minimum Gasteiger partial charge on any atom is -0.467 e. The monoisotopic (exact) mass is 415 g/mol. The van der Waals surface area contributed by atoms with Crippen LogP contribution < -0.4 is 10.6 Å². The maximum atomic E-state index is 14.1. The van der Waals surface area contributed by atoms with Crippen LogP contribution >= 0.6 is 0 Å². The van der Waals surface area contributed by atoms with Gasteiger partial charge in [0.15, 0.2) is 11.6 Å². The van der Waals surface area contributed by atoms with Crippen molar-refractivity contribution in [2.24, 2.45) is 0 Å². The summed E-state index contributed by atoms with van der Waals surface area (Å²) in [4.78, 5) is 39.3. The Morgan fingerprint density at radius 3 is 2.47 bits per heavy atom. The van der Waals surface area contributed by atoms with Crippen LogP contribution in [0.1, 0.15) is 12.0 Å². The number of anilines is 1. The van der Waals surface area contributed by atoms with E-state index < -0.39 is 41.1 Å². The van der Waals surface area contributed by atoms with E-state index in [4.69, 9.17) is 4.74 Å². The van der Waals surface area contributed by atoms with Crippen molar-refractivity contribution in [3.05, 3.63) is 70.1 Å². The molecule has 0 bridgehead atoms. The Kier molecular flexibility index (Phi) is 4.86. The number of carbonyl (C=O) groups is 2. The van der Waals surface area contributed by atoms with Gasteiger partial charge in [0, 0.05) is 5.69 Å². The molecule has 0 aliphatic carbocycles. The van der Waals surface area contributed by atoms with E-state index in [-0.39, 0.29) is 6.42 Å². The molecule has 30 heavy (non-hydrogen) atoms. The lowest BCUT2D eigenvalue weighted by Crippen LogP contribution is -2.52. The van der Waals surface area contributed by atoms with E-state index in [0.717, 1.165) is 28.7 Å². The van der Waals surface area contributed by atoms with Gasteiger partial charge in [-0.3, -0.25) is 4.90 Å². The number of carbonyl (C=O) groups excluding carboxylic acids is 2. The largest absolute Gasteiger partial charge is 0.467 e. The number of amides is 1. The molecule has 0 saturated heterocycles. The fraction of sp³-hybridized carbons (Fsp3) is 0.211. The van der Waals surface area contributed by atoms with Crippen molar-refractivity contribution in [3.63, 3.8) is 0 Å². The summed E-state index contributed by atoms with van der Waals surface area (Å²) in [5.41, 5.74) is -0.755. The van der Waals surface area contributed by atoms with Crippen molar-refractivity contribution in [2.75, 3.05) is 12.0 Å². The second kappa shape index (κ2) is 7.50. The average Bonchev–Trinajstić information content (AvgIpc) is 3.12. The molecule has 0 N–H and O–H groups in total. The Bertz CT molecular complexity index is 1190. The molecular formula is C19H15F2N5O4. The number of methoxy groups -OCH3 is 1. The number of para-hydroxylation sites is 2. The Morgan fingerprint density at radius 2 is 1.77 bits per heavy atom. The van der Waals surface area contributed by atoms with Gasteiger partial charge in [-0.1, -0.05) is 24.3 Å². The molecule has 0 unspecified atom stereocenters. The number of tetrazole rings is 1. The first kappa shape index (κ1) is 19.4. The van der Waals surface area contributed by atoms with Crippen LogP contribution in [0.2, 0.25) is 0 Å². The number of halogens is 2. The normalized spacial score (nSPS) is 15.6. The van der Waals surface area contributed by atoms with Crippen LogP contribution in [0, 0.1) is 11.6 Å². The van der Waals surface area contributed by atoms with Crippen LogP contribution in [0.25, 0.3) is 5.69 Å². The molecule has 1 amide bonds. The molecular weight excluding hydrogens is 400 g/mol. The highest BCUT2D eigenvalue weighted by Gasteiger charge is 2.38. The number of hydrogen-bond acceptors (Lipinski definition) is 6. The van der Waals surface area contributed by atoms with Crippen LogP contribution in [0.5, 0.6) is 0 Å². The third-order valence-electron chi connectivity index (χ3n) is 4.84. The zero-order valence-electron chi connectivity index (χ0n) is 15.7. The standard InChI is InChI=1S/C19H15F2N5O4/c1-30-17(27)15-10-9-11-5-2-3-8-14(11)24(15)18(28)26-19(29)25(22-23-26)16-12(20)6-4-7-13(16)21/h2-8,15H,9-10H2,1H3/t15-/m0/s1. The number of benzene rings is 2. The number of nitrogens with zero attached hydrogens (tertiary/aromatic N) is 5. The average molecular weight is 415 g/mol. The van der Waals surface area contributed by atoms with Gasteiger partial charge in [0.25, 0.3) is 0 Å². The molecule has 0 spiro atoms. The number of ether oxygens (including phenoxy) is 1. The summed E-state index contributed by atoms with van der Waals surface area (Å²) < 4.78 is 33.6. The molecule has 1 aliphatic heterocycles. The van der Waals surface area contributed by atoms with E-state index in [2.05, 4.69) is 10.4 Å². The highest BCUT2D eigenvalue weighted by Crippen LogP contribution is 2.31. The summed E-state index contributed by atoms with van der Waals surface area (Å²) in [5, 5.41) is 6.93. The summed E-state index contributed by atoms with van der Waals surface area (Å²) in [6.07, 6.45) is 0.780. The Balaban J connectivity index is 1.82. The zero-order valence-corrected chi connectivity index (χ0v) is 15.7. The van der Waals surface area contributed by atoms with Gasteiger partial charge < -0.3 is 4.74 Å². The van der Waals surface area contributed by atoms with Gasteiger partial charge in [-0.25, -0.2) is 23.2 Å². The number of aromatic nitrogens is 4. The molecule has 0 radical (unpaired) electrons. The van der Waals surface area contributed by atoms with Gasteiger partial charge >= 0.3 is 17.7 Å².